The highest BCUT2D eigenvalue weighted by Gasteiger charge is 2.38. The standard InChI is InChI=1S/C16H15BrClNO2/c1-2-16(15(20)21,11-6-8-13(18)9-7-11)19-14-5-3-4-12(17)10-14/h3-10,19H,2H2,1H3,(H,20,21). The predicted molar refractivity (Wildman–Crippen MR) is 88.8 cm³/mol. The van der Waals surface area contributed by atoms with Crippen molar-refractivity contribution < 1.29 is 9.90 Å². The summed E-state index contributed by atoms with van der Waals surface area (Å²) in [6, 6.07) is 14.3. The van der Waals surface area contributed by atoms with Gasteiger partial charge >= 0.3 is 5.97 Å². The van der Waals surface area contributed by atoms with Crippen molar-refractivity contribution in [3.05, 3.63) is 63.6 Å². The van der Waals surface area contributed by atoms with E-state index < -0.39 is 11.5 Å². The molecule has 0 aliphatic heterocycles. The van der Waals surface area contributed by atoms with Crippen molar-refractivity contribution in [1.29, 1.82) is 0 Å². The number of benzene rings is 2. The Balaban J connectivity index is 2.46. The molecule has 0 aliphatic rings. The number of anilines is 1. The molecule has 0 saturated carbocycles. The molecular weight excluding hydrogens is 354 g/mol. The van der Waals surface area contributed by atoms with Gasteiger partial charge in [0.1, 0.15) is 0 Å². The minimum absolute atomic E-state index is 0.399. The number of halogens is 2. The van der Waals surface area contributed by atoms with Crippen LogP contribution in [0.4, 0.5) is 5.69 Å². The van der Waals surface area contributed by atoms with Crippen LogP contribution in [-0.4, -0.2) is 11.1 Å². The third-order valence-electron chi connectivity index (χ3n) is 3.41. The van der Waals surface area contributed by atoms with Gasteiger partial charge in [0, 0.05) is 15.2 Å². The Bertz CT molecular complexity index is 645. The van der Waals surface area contributed by atoms with Gasteiger partial charge in [-0.1, -0.05) is 52.7 Å². The average molecular weight is 369 g/mol. The lowest BCUT2D eigenvalue weighted by atomic mass is 9.87. The molecule has 5 heteroatoms. The second kappa shape index (κ2) is 6.50. The van der Waals surface area contributed by atoms with E-state index in [-0.39, 0.29) is 0 Å². The molecule has 0 aromatic heterocycles. The molecule has 0 amide bonds. The van der Waals surface area contributed by atoms with Crippen molar-refractivity contribution >= 4 is 39.2 Å². The number of rotatable bonds is 5. The summed E-state index contributed by atoms with van der Waals surface area (Å²) in [5.41, 5.74) is 0.219. The van der Waals surface area contributed by atoms with E-state index in [0.717, 1.165) is 10.2 Å². The molecule has 2 N–H and O–H groups in total. The van der Waals surface area contributed by atoms with E-state index in [9.17, 15) is 9.90 Å². The van der Waals surface area contributed by atoms with E-state index in [0.29, 0.717) is 17.0 Å². The first-order chi connectivity index (χ1) is 9.98. The Morgan fingerprint density at radius 2 is 1.95 bits per heavy atom. The van der Waals surface area contributed by atoms with Crippen LogP contribution in [0.2, 0.25) is 5.02 Å². The Labute approximate surface area is 137 Å². The first-order valence-electron chi connectivity index (χ1n) is 6.51. The lowest BCUT2D eigenvalue weighted by Gasteiger charge is -2.31. The number of carbonyl (C=O) groups is 1. The summed E-state index contributed by atoms with van der Waals surface area (Å²) in [6.45, 7) is 1.84. The quantitative estimate of drug-likeness (QED) is 0.789. The third-order valence-corrected chi connectivity index (χ3v) is 4.16. The normalized spacial score (nSPS) is 13.5. The Hall–Kier alpha value is -1.52. The fourth-order valence-electron chi connectivity index (χ4n) is 2.24. The van der Waals surface area contributed by atoms with Crippen LogP contribution in [0.15, 0.2) is 53.0 Å². The van der Waals surface area contributed by atoms with Crippen molar-refractivity contribution in [3.8, 4) is 0 Å². The fraction of sp³-hybridized carbons (Fsp3) is 0.188. The molecule has 1 atom stereocenters. The zero-order valence-electron chi connectivity index (χ0n) is 11.4. The summed E-state index contributed by atoms with van der Waals surface area (Å²) in [4.78, 5) is 11.9. The van der Waals surface area contributed by atoms with Gasteiger partial charge in [-0.3, -0.25) is 0 Å². The van der Waals surface area contributed by atoms with Crippen molar-refractivity contribution in [2.24, 2.45) is 0 Å². The van der Waals surface area contributed by atoms with Crippen molar-refractivity contribution in [2.45, 2.75) is 18.9 Å². The molecule has 0 radical (unpaired) electrons. The minimum atomic E-state index is -1.19. The summed E-state index contributed by atoms with van der Waals surface area (Å²) < 4.78 is 0.888. The highest BCUT2D eigenvalue weighted by atomic mass is 79.9. The molecule has 1 unspecified atom stereocenters. The zero-order valence-corrected chi connectivity index (χ0v) is 13.8. The molecule has 2 rings (SSSR count). The van der Waals surface area contributed by atoms with E-state index in [2.05, 4.69) is 21.2 Å². The largest absolute Gasteiger partial charge is 0.479 e. The van der Waals surface area contributed by atoms with Crippen LogP contribution in [-0.2, 0) is 10.3 Å². The molecular formula is C16H15BrClNO2. The number of carboxylic acid groups (broad SMARTS) is 1. The maximum absolute atomic E-state index is 11.9. The molecule has 2 aromatic carbocycles. The van der Waals surface area contributed by atoms with E-state index >= 15 is 0 Å². The molecule has 3 nitrogen and oxygen atoms in total. The van der Waals surface area contributed by atoms with Crippen molar-refractivity contribution in [2.75, 3.05) is 5.32 Å². The van der Waals surface area contributed by atoms with Crippen LogP contribution in [0.25, 0.3) is 0 Å². The number of hydrogen-bond donors (Lipinski definition) is 2. The first kappa shape index (κ1) is 15.9. The average Bonchev–Trinajstić information content (AvgIpc) is 2.45. The molecule has 0 bridgehead atoms. The molecule has 0 aliphatic carbocycles. The third kappa shape index (κ3) is 3.39. The highest BCUT2D eigenvalue weighted by molar-refractivity contribution is 9.10. The summed E-state index contributed by atoms with van der Waals surface area (Å²) in [5, 5.41) is 13.5. The van der Waals surface area contributed by atoms with Crippen molar-refractivity contribution in [3.63, 3.8) is 0 Å². The Morgan fingerprint density at radius 1 is 1.29 bits per heavy atom. The molecule has 21 heavy (non-hydrogen) atoms. The van der Waals surface area contributed by atoms with Gasteiger partial charge in [0.2, 0.25) is 0 Å². The summed E-state index contributed by atoms with van der Waals surface area (Å²) >= 11 is 9.28. The van der Waals surface area contributed by atoms with Crippen molar-refractivity contribution in [1.82, 2.24) is 0 Å². The van der Waals surface area contributed by atoms with E-state index in [4.69, 9.17) is 11.6 Å². The van der Waals surface area contributed by atoms with Gasteiger partial charge in [-0.25, -0.2) is 4.79 Å². The van der Waals surface area contributed by atoms with Crippen LogP contribution >= 0.6 is 27.5 Å². The van der Waals surface area contributed by atoms with Crippen LogP contribution in [0.3, 0.4) is 0 Å². The molecule has 0 fully saturated rings. The van der Waals surface area contributed by atoms with Crippen LogP contribution in [0.5, 0.6) is 0 Å². The summed E-state index contributed by atoms with van der Waals surface area (Å²) in [6.07, 6.45) is 0.399. The second-order valence-electron chi connectivity index (χ2n) is 4.71. The van der Waals surface area contributed by atoms with E-state index in [1.165, 1.54) is 0 Å². The summed E-state index contributed by atoms with van der Waals surface area (Å²) in [7, 11) is 0. The molecule has 110 valence electrons. The van der Waals surface area contributed by atoms with Gasteiger partial charge < -0.3 is 10.4 Å². The number of nitrogens with one attached hydrogen (secondary N) is 1. The molecule has 2 aromatic rings. The van der Waals surface area contributed by atoms with Gasteiger partial charge in [0.05, 0.1) is 0 Å². The molecule has 0 saturated heterocycles. The SMILES string of the molecule is CCC(Nc1cccc(Br)c1)(C(=O)O)c1ccc(Cl)cc1. The van der Waals surface area contributed by atoms with Gasteiger partial charge in [-0.15, -0.1) is 0 Å². The predicted octanol–water partition coefficient (Wildman–Crippen LogP) is 4.90. The smallest absolute Gasteiger partial charge is 0.334 e. The maximum atomic E-state index is 11.9. The van der Waals surface area contributed by atoms with Gasteiger partial charge in [0.15, 0.2) is 5.54 Å². The Kier molecular flexibility index (Phi) is 4.91. The minimum Gasteiger partial charge on any atom is -0.479 e. The maximum Gasteiger partial charge on any atom is 0.334 e. The zero-order chi connectivity index (χ0) is 15.5. The van der Waals surface area contributed by atoms with Gasteiger partial charge in [-0.05, 0) is 42.3 Å². The van der Waals surface area contributed by atoms with Crippen LogP contribution < -0.4 is 5.32 Å². The summed E-state index contributed by atoms with van der Waals surface area (Å²) in [5.74, 6) is -0.924. The fourth-order valence-corrected chi connectivity index (χ4v) is 2.77. The van der Waals surface area contributed by atoms with E-state index in [1.54, 1.807) is 24.3 Å². The lowest BCUT2D eigenvalue weighted by molar-refractivity contribution is -0.142. The van der Waals surface area contributed by atoms with Crippen LogP contribution in [0, 0.1) is 0 Å². The first-order valence-corrected chi connectivity index (χ1v) is 7.68. The number of hydrogen-bond acceptors (Lipinski definition) is 2. The van der Waals surface area contributed by atoms with Crippen LogP contribution in [0.1, 0.15) is 18.9 Å². The van der Waals surface area contributed by atoms with Gasteiger partial charge in [0.25, 0.3) is 0 Å². The Morgan fingerprint density at radius 3 is 2.48 bits per heavy atom. The topological polar surface area (TPSA) is 49.3 Å². The van der Waals surface area contributed by atoms with E-state index in [1.807, 2.05) is 31.2 Å². The number of carboxylic acids is 1. The molecule has 0 heterocycles. The second-order valence-corrected chi connectivity index (χ2v) is 6.06. The lowest BCUT2D eigenvalue weighted by Crippen LogP contribution is -2.43. The number of aliphatic carboxylic acids is 1. The van der Waals surface area contributed by atoms with Gasteiger partial charge in [-0.2, -0.15) is 0 Å². The molecule has 0 spiro atoms. The monoisotopic (exact) mass is 367 g/mol. The highest BCUT2D eigenvalue weighted by Crippen LogP contribution is 2.32.